The summed E-state index contributed by atoms with van der Waals surface area (Å²) in [6.07, 6.45) is 10.1. The van der Waals surface area contributed by atoms with E-state index >= 15 is 0 Å². The Bertz CT molecular complexity index is 407. The van der Waals surface area contributed by atoms with Crippen molar-refractivity contribution in [3.63, 3.8) is 0 Å². The fraction of sp³-hybridized carbons (Fsp3) is 0.812. The molecule has 1 fully saturated rings. The summed E-state index contributed by atoms with van der Waals surface area (Å²) in [7, 11) is 4.22. The smallest absolute Gasteiger partial charge is 0.0670 e. The van der Waals surface area contributed by atoms with E-state index in [0.29, 0.717) is 12.6 Å². The molecular formula is C16H30N4. The van der Waals surface area contributed by atoms with Crippen molar-refractivity contribution in [1.82, 2.24) is 14.7 Å². The van der Waals surface area contributed by atoms with Gasteiger partial charge in [0.1, 0.15) is 0 Å². The second-order valence-corrected chi connectivity index (χ2v) is 6.25. The molecule has 1 atom stereocenters. The normalized spacial score (nSPS) is 18.6. The van der Waals surface area contributed by atoms with E-state index in [1.165, 1.54) is 49.9 Å². The van der Waals surface area contributed by atoms with Crippen LogP contribution in [0.15, 0.2) is 6.20 Å². The van der Waals surface area contributed by atoms with Crippen LogP contribution in [0, 0.1) is 5.92 Å². The predicted octanol–water partition coefficient (Wildman–Crippen LogP) is 2.49. The topological polar surface area (TPSA) is 47.1 Å². The van der Waals surface area contributed by atoms with Gasteiger partial charge in [-0.05, 0) is 32.2 Å². The molecule has 4 nitrogen and oxygen atoms in total. The Morgan fingerprint density at radius 1 is 1.40 bits per heavy atom. The zero-order chi connectivity index (χ0) is 14.5. The van der Waals surface area contributed by atoms with Gasteiger partial charge in [-0.1, -0.05) is 26.2 Å². The first-order valence-electron chi connectivity index (χ1n) is 8.08. The molecule has 0 radical (unpaired) electrons. The number of rotatable bonds is 6. The molecule has 0 bridgehead atoms. The molecule has 1 unspecified atom stereocenters. The number of aryl methyl sites for hydroxylation is 2. The molecule has 1 aliphatic rings. The minimum Gasteiger partial charge on any atom is -0.329 e. The van der Waals surface area contributed by atoms with Gasteiger partial charge >= 0.3 is 0 Å². The third-order valence-electron chi connectivity index (χ3n) is 4.66. The molecule has 0 aliphatic heterocycles. The van der Waals surface area contributed by atoms with Crippen LogP contribution >= 0.6 is 0 Å². The average Bonchev–Trinajstić information content (AvgIpc) is 2.81. The van der Waals surface area contributed by atoms with Crippen LogP contribution in [0.3, 0.4) is 0 Å². The van der Waals surface area contributed by atoms with Gasteiger partial charge in [0.2, 0.25) is 0 Å². The molecule has 1 saturated carbocycles. The summed E-state index contributed by atoms with van der Waals surface area (Å²) in [5.74, 6) is 0.851. The van der Waals surface area contributed by atoms with E-state index in [-0.39, 0.29) is 0 Å². The van der Waals surface area contributed by atoms with Crippen molar-refractivity contribution < 1.29 is 0 Å². The zero-order valence-electron chi connectivity index (χ0n) is 13.3. The number of hydrogen-bond acceptors (Lipinski definition) is 3. The summed E-state index contributed by atoms with van der Waals surface area (Å²) in [4.78, 5) is 2.45. The van der Waals surface area contributed by atoms with Gasteiger partial charge in [0.15, 0.2) is 0 Å². The summed E-state index contributed by atoms with van der Waals surface area (Å²) in [5.41, 5.74) is 8.57. The molecule has 1 heterocycles. The van der Waals surface area contributed by atoms with Gasteiger partial charge in [-0.15, -0.1) is 0 Å². The maximum absolute atomic E-state index is 6.06. The number of aromatic nitrogens is 2. The van der Waals surface area contributed by atoms with Gasteiger partial charge in [-0.2, -0.15) is 5.10 Å². The van der Waals surface area contributed by atoms with Crippen LogP contribution in [0.2, 0.25) is 0 Å². The zero-order valence-corrected chi connectivity index (χ0v) is 13.3. The van der Waals surface area contributed by atoms with Crippen molar-refractivity contribution in [3.8, 4) is 0 Å². The highest BCUT2D eigenvalue weighted by Crippen LogP contribution is 2.28. The molecule has 4 heteroatoms. The molecular weight excluding hydrogens is 248 g/mol. The van der Waals surface area contributed by atoms with Crippen LogP contribution in [0.5, 0.6) is 0 Å². The fourth-order valence-electron chi connectivity index (χ4n) is 3.55. The maximum atomic E-state index is 6.06. The van der Waals surface area contributed by atoms with Crippen molar-refractivity contribution >= 4 is 0 Å². The Morgan fingerprint density at radius 3 is 2.70 bits per heavy atom. The largest absolute Gasteiger partial charge is 0.329 e. The first kappa shape index (κ1) is 15.5. The Kier molecular flexibility index (Phi) is 5.61. The summed E-state index contributed by atoms with van der Waals surface area (Å²) in [6.45, 7) is 4.00. The van der Waals surface area contributed by atoms with Crippen LogP contribution < -0.4 is 5.73 Å². The molecule has 0 aromatic carbocycles. The van der Waals surface area contributed by atoms with E-state index in [4.69, 9.17) is 5.73 Å². The summed E-state index contributed by atoms with van der Waals surface area (Å²) >= 11 is 0. The Balaban J connectivity index is 2.05. The maximum Gasteiger partial charge on any atom is 0.0670 e. The molecule has 114 valence electrons. The highest BCUT2D eigenvalue weighted by atomic mass is 15.3. The summed E-state index contributed by atoms with van der Waals surface area (Å²) in [6, 6.07) is 0.306. The van der Waals surface area contributed by atoms with E-state index in [1.807, 2.05) is 11.7 Å². The minimum absolute atomic E-state index is 0.306. The molecule has 2 rings (SSSR count). The lowest BCUT2D eigenvalue weighted by Gasteiger charge is -2.32. The average molecular weight is 278 g/mol. The van der Waals surface area contributed by atoms with Gasteiger partial charge < -0.3 is 5.73 Å². The highest BCUT2D eigenvalue weighted by molar-refractivity contribution is 5.22. The van der Waals surface area contributed by atoms with Crippen LogP contribution in [-0.2, 0) is 13.5 Å². The summed E-state index contributed by atoms with van der Waals surface area (Å²) < 4.78 is 1.92. The molecule has 20 heavy (non-hydrogen) atoms. The number of likely N-dealkylation sites (N-methyl/N-ethyl adjacent to an activating group) is 1. The highest BCUT2D eigenvalue weighted by Gasteiger charge is 2.23. The third-order valence-corrected chi connectivity index (χ3v) is 4.66. The Hall–Kier alpha value is -0.870. The van der Waals surface area contributed by atoms with Gasteiger partial charge in [0, 0.05) is 31.9 Å². The molecule has 1 aromatic rings. The lowest BCUT2D eigenvalue weighted by Crippen LogP contribution is -2.35. The first-order valence-corrected chi connectivity index (χ1v) is 8.08. The Morgan fingerprint density at radius 2 is 2.10 bits per heavy atom. The van der Waals surface area contributed by atoms with Crippen LogP contribution in [0.1, 0.15) is 56.3 Å². The van der Waals surface area contributed by atoms with Gasteiger partial charge in [0.25, 0.3) is 0 Å². The SMILES string of the molecule is CCc1nn(C)cc1C(CN)N(C)CC1CCCCC1. The fourth-order valence-corrected chi connectivity index (χ4v) is 3.55. The molecule has 0 spiro atoms. The lowest BCUT2D eigenvalue weighted by atomic mass is 9.88. The van der Waals surface area contributed by atoms with E-state index in [0.717, 1.165) is 12.3 Å². The number of hydrogen-bond donors (Lipinski definition) is 1. The summed E-state index contributed by atoms with van der Waals surface area (Å²) in [5, 5.41) is 4.56. The third kappa shape index (κ3) is 3.61. The number of nitrogens with zero attached hydrogens (tertiary/aromatic N) is 3. The van der Waals surface area contributed by atoms with Crippen molar-refractivity contribution in [3.05, 3.63) is 17.5 Å². The number of nitrogens with two attached hydrogens (primary N) is 1. The lowest BCUT2D eigenvalue weighted by molar-refractivity contribution is 0.185. The molecule has 0 saturated heterocycles. The Labute approximate surface area is 123 Å². The van der Waals surface area contributed by atoms with E-state index < -0.39 is 0 Å². The van der Waals surface area contributed by atoms with Crippen molar-refractivity contribution in [2.45, 2.75) is 51.5 Å². The van der Waals surface area contributed by atoms with Gasteiger partial charge in [0.05, 0.1) is 11.7 Å². The minimum atomic E-state index is 0.306. The molecule has 1 aromatic heterocycles. The first-order chi connectivity index (χ1) is 9.65. The molecule has 0 amide bonds. The second kappa shape index (κ2) is 7.23. The molecule has 1 aliphatic carbocycles. The second-order valence-electron chi connectivity index (χ2n) is 6.25. The van der Waals surface area contributed by atoms with E-state index in [2.05, 4.69) is 30.2 Å². The van der Waals surface area contributed by atoms with Gasteiger partial charge in [-0.3, -0.25) is 9.58 Å². The van der Waals surface area contributed by atoms with Crippen LogP contribution in [0.4, 0.5) is 0 Å². The van der Waals surface area contributed by atoms with E-state index in [9.17, 15) is 0 Å². The standard InChI is InChI=1S/C16H30N4/c1-4-15-14(12-20(3)18-15)16(10-17)19(2)11-13-8-6-5-7-9-13/h12-13,16H,4-11,17H2,1-3H3. The molecule has 2 N–H and O–H groups in total. The van der Waals surface area contributed by atoms with Crippen LogP contribution in [0.25, 0.3) is 0 Å². The van der Waals surface area contributed by atoms with Crippen molar-refractivity contribution in [1.29, 1.82) is 0 Å². The van der Waals surface area contributed by atoms with Crippen molar-refractivity contribution in [2.75, 3.05) is 20.1 Å². The van der Waals surface area contributed by atoms with Crippen molar-refractivity contribution in [2.24, 2.45) is 18.7 Å². The monoisotopic (exact) mass is 278 g/mol. The van der Waals surface area contributed by atoms with Crippen LogP contribution in [-0.4, -0.2) is 34.8 Å². The quantitative estimate of drug-likeness (QED) is 0.869. The predicted molar refractivity (Wildman–Crippen MR) is 83.6 cm³/mol. The van der Waals surface area contributed by atoms with E-state index in [1.54, 1.807) is 0 Å². The van der Waals surface area contributed by atoms with Gasteiger partial charge in [-0.25, -0.2) is 0 Å².